The van der Waals surface area contributed by atoms with E-state index in [-0.39, 0.29) is 24.4 Å². The molecule has 0 atom stereocenters. The third kappa shape index (κ3) is 3.11. The number of rotatable bonds is 6. The van der Waals surface area contributed by atoms with Crippen LogP contribution in [0.4, 0.5) is 0 Å². The Morgan fingerprint density at radius 2 is 1.74 bits per heavy atom. The van der Waals surface area contributed by atoms with Crippen LogP contribution in [0.2, 0.25) is 0 Å². The minimum absolute atomic E-state index is 0.0787. The van der Waals surface area contributed by atoms with Gasteiger partial charge in [0, 0.05) is 46.6 Å². The quantitative estimate of drug-likeness (QED) is 0.556. The van der Waals surface area contributed by atoms with Gasteiger partial charge in [-0.3, -0.25) is 14.4 Å². The lowest BCUT2D eigenvalue weighted by Crippen LogP contribution is -2.07. The number of carbonyl (C=O) groups excluding carboxylic acids is 3. The fourth-order valence-electron chi connectivity index (χ4n) is 2.59. The van der Waals surface area contributed by atoms with Crippen molar-refractivity contribution in [2.24, 2.45) is 0 Å². The number of aromatic amines is 1. The summed E-state index contributed by atoms with van der Waals surface area (Å²) in [7, 11) is 0. The normalized spacial score (nSPS) is 10.6. The maximum atomic E-state index is 12.3. The van der Waals surface area contributed by atoms with E-state index in [9.17, 15) is 14.4 Å². The molecule has 0 aliphatic rings. The van der Waals surface area contributed by atoms with Gasteiger partial charge in [-0.25, -0.2) is 0 Å². The molecule has 0 spiro atoms. The Morgan fingerprint density at radius 1 is 0.957 bits per heavy atom. The van der Waals surface area contributed by atoms with Crippen molar-refractivity contribution in [3.05, 3.63) is 71.4 Å². The highest BCUT2D eigenvalue weighted by atomic mass is 16.1. The Bertz CT molecular complexity index is 892. The SMILES string of the molecule is O=Cc1ccccc1C(=O)CCC(=O)c1ccc2[nH]ccc2c1. The van der Waals surface area contributed by atoms with Gasteiger partial charge in [-0.05, 0) is 24.3 Å². The fraction of sp³-hybridized carbons (Fsp3) is 0.105. The number of hydrogen-bond donors (Lipinski definition) is 1. The summed E-state index contributed by atoms with van der Waals surface area (Å²) in [6.07, 6.45) is 2.70. The molecule has 2 aromatic carbocycles. The van der Waals surface area contributed by atoms with E-state index in [0.717, 1.165) is 10.9 Å². The molecular weight excluding hydrogens is 290 g/mol. The lowest BCUT2D eigenvalue weighted by atomic mass is 9.98. The number of Topliss-reactive ketones (excluding diaryl/α,β-unsaturated/α-hetero) is 2. The monoisotopic (exact) mass is 305 g/mol. The van der Waals surface area contributed by atoms with Gasteiger partial charge in [-0.2, -0.15) is 0 Å². The smallest absolute Gasteiger partial charge is 0.164 e. The molecule has 0 unspecified atom stereocenters. The highest BCUT2D eigenvalue weighted by Gasteiger charge is 2.14. The molecule has 0 aliphatic carbocycles. The van der Waals surface area contributed by atoms with Crippen LogP contribution in [0.25, 0.3) is 10.9 Å². The summed E-state index contributed by atoms with van der Waals surface area (Å²) in [6, 6.07) is 14.0. The number of ketones is 2. The van der Waals surface area contributed by atoms with Crippen molar-refractivity contribution < 1.29 is 14.4 Å². The first-order valence-corrected chi connectivity index (χ1v) is 7.37. The maximum absolute atomic E-state index is 12.3. The van der Waals surface area contributed by atoms with Crippen molar-refractivity contribution in [1.82, 2.24) is 4.98 Å². The molecule has 0 saturated heterocycles. The zero-order valence-electron chi connectivity index (χ0n) is 12.4. The van der Waals surface area contributed by atoms with Crippen LogP contribution in [0, 0.1) is 0 Å². The number of carbonyl (C=O) groups is 3. The fourth-order valence-corrected chi connectivity index (χ4v) is 2.59. The van der Waals surface area contributed by atoms with Crippen molar-refractivity contribution in [2.45, 2.75) is 12.8 Å². The molecule has 114 valence electrons. The lowest BCUT2D eigenvalue weighted by Gasteiger charge is -2.04. The van der Waals surface area contributed by atoms with Gasteiger partial charge in [0.05, 0.1) is 0 Å². The molecule has 0 fully saturated rings. The minimum atomic E-state index is -0.191. The predicted octanol–water partition coefficient (Wildman–Crippen LogP) is 3.83. The predicted molar refractivity (Wildman–Crippen MR) is 88.0 cm³/mol. The number of hydrogen-bond acceptors (Lipinski definition) is 3. The van der Waals surface area contributed by atoms with Crippen LogP contribution >= 0.6 is 0 Å². The first kappa shape index (κ1) is 14.9. The van der Waals surface area contributed by atoms with Crippen molar-refractivity contribution in [2.75, 3.05) is 0 Å². The van der Waals surface area contributed by atoms with Gasteiger partial charge in [0.25, 0.3) is 0 Å². The third-order valence-corrected chi connectivity index (χ3v) is 3.84. The largest absolute Gasteiger partial charge is 0.361 e. The summed E-state index contributed by atoms with van der Waals surface area (Å²) in [4.78, 5) is 38.5. The van der Waals surface area contributed by atoms with E-state index in [1.165, 1.54) is 0 Å². The molecule has 23 heavy (non-hydrogen) atoms. The number of fused-ring (bicyclic) bond motifs is 1. The van der Waals surface area contributed by atoms with Gasteiger partial charge in [0.2, 0.25) is 0 Å². The first-order valence-electron chi connectivity index (χ1n) is 7.37. The molecular formula is C19H15NO3. The molecule has 4 heteroatoms. The zero-order valence-corrected chi connectivity index (χ0v) is 12.4. The van der Waals surface area contributed by atoms with Gasteiger partial charge in [0.15, 0.2) is 17.9 Å². The third-order valence-electron chi connectivity index (χ3n) is 3.84. The van der Waals surface area contributed by atoms with Crippen molar-refractivity contribution >= 4 is 28.8 Å². The van der Waals surface area contributed by atoms with Crippen LogP contribution in [0.3, 0.4) is 0 Å². The maximum Gasteiger partial charge on any atom is 0.164 e. The molecule has 1 N–H and O–H groups in total. The summed E-state index contributed by atoms with van der Waals surface area (Å²) < 4.78 is 0. The van der Waals surface area contributed by atoms with Crippen LogP contribution in [-0.4, -0.2) is 22.8 Å². The highest BCUT2D eigenvalue weighted by molar-refractivity contribution is 6.06. The summed E-state index contributed by atoms with van der Waals surface area (Å²) in [5.41, 5.74) is 2.29. The molecule has 0 saturated carbocycles. The van der Waals surface area contributed by atoms with Crippen LogP contribution in [-0.2, 0) is 0 Å². The molecule has 4 nitrogen and oxygen atoms in total. The van der Waals surface area contributed by atoms with Gasteiger partial charge in [0.1, 0.15) is 0 Å². The van der Waals surface area contributed by atoms with Gasteiger partial charge in [-0.1, -0.05) is 24.3 Å². The Kier molecular flexibility index (Phi) is 4.15. The number of aromatic nitrogens is 1. The molecule has 3 aromatic rings. The van der Waals surface area contributed by atoms with Gasteiger partial charge < -0.3 is 4.98 Å². The molecule has 1 aromatic heterocycles. The number of aldehydes is 1. The average Bonchev–Trinajstić information content (AvgIpc) is 3.06. The summed E-state index contributed by atoms with van der Waals surface area (Å²) >= 11 is 0. The number of benzene rings is 2. The minimum Gasteiger partial charge on any atom is -0.361 e. The van der Waals surface area contributed by atoms with Crippen molar-refractivity contribution in [1.29, 1.82) is 0 Å². The Hall–Kier alpha value is -3.01. The van der Waals surface area contributed by atoms with Gasteiger partial charge in [-0.15, -0.1) is 0 Å². The van der Waals surface area contributed by atoms with E-state index in [0.29, 0.717) is 23.0 Å². The Labute approximate surface area is 133 Å². The second-order valence-corrected chi connectivity index (χ2v) is 5.33. The van der Waals surface area contributed by atoms with Gasteiger partial charge >= 0.3 is 0 Å². The van der Waals surface area contributed by atoms with Crippen molar-refractivity contribution in [3.63, 3.8) is 0 Å². The standard InChI is InChI=1S/C19H15NO3/c21-12-15-3-1-2-4-16(15)19(23)8-7-18(22)14-5-6-17-13(11-14)9-10-20-17/h1-6,9-12,20H,7-8H2. The molecule has 3 rings (SSSR count). The summed E-state index contributed by atoms with van der Waals surface area (Å²) in [6.45, 7) is 0. The summed E-state index contributed by atoms with van der Waals surface area (Å²) in [5, 5.41) is 0.966. The number of H-pyrrole nitrogens is 1. The Balaban J connectivity index is 1.70. The van der Waals surface area contributed by atoms with E-state index in [2.05, 4.69) is 4.98 Å². The first-order chi connectivity index (χ1) is 11.2. The zero-order chi connectivity index (χ0) is 16.2. The number of nitrogens with one attached hydrogen (secondary N) is 1. The van der Waals surface area contributed by atoms with Crippen molar-refractivity contribution in [3.8, 4) is 0 Å². The summed E-state index contributed by atoms with van der Waals surface area (Å²) in [5.74, 6) is -0.270. The molecule has 0 amide bonds. The van der Waals surface area contributed by atoms with Crippen LogP contribution < -0.4 is 0 Å². The van der Waals surface area contributed by atoms with E-state index in [1.807, 2.05) is 24.4 Å². The second kappa shape index (κ2) is 6.40. The van der Waals surface area contributed by atoms with E-state index >= 15 is 0 Å². The molecule has 0 radical (unpaired) electrons. The van der Waals surface area contributed by atoms with Crippen LogP contribution in [0.5, 0.6) is 0 Å². The van der Waals surface area contributed by atoms with E-state index in [4.69, 9.17) is 0 Å². The lowest BCUT2D eigenvalue weighted by molar-refractivity contribution is 0.0916. The van der Waals surface area contributed by atoms with E-state index < -0.39 is 0 Å². The molecule has 1 heterocycles. The average molecular weight is 305 g/mol. The second-order valence-electron chi connectivity index (χ2n) is 5.33. The topological polar surface area (TPSA) is 67.0 Å². The Morgan fingerprint density at radius 3 is 2.57 bits per heavy atom. The molecule has 0 aliphatic heterocycles. The van der Waals surface area contributed by atoms with Crippen LogP contribution in [0.15, 0.2) is 54.7 Å². The van der Waals surface area contributed by atoms with Crippen LogP contribution in [0.1, 0.15) is 43.9 Å². The highest BCUT2D eigenvalue weighted by Crippen LogP contribution is 2.17. The molecule has 0 bridgehead atoms. The van der Waals surface area contributed by atoms with E-state index in [1.54, 1.807) is 30.3 Å².